The first-order chi connectivity index (χ1) is 10.1. The maximum atomic E-state index is 6.04. The summed E-state index contributed by atoms with van der Waals surface area (Å²) in [5.41, 5.74) is 6.78. The number of piperazine rings is 1. The monoisotopic (exact) mass is 323 g/mol. The number of hydrogen-bond acceptors (Lipinski definition) is 5. The number of nitrogen functional groups attached to an aromatic ring is 1. The number of hydrogen-bond donors (Lipinski definition) is 1. The molecule has 1 aliphatic rings. The first-order valence-electron chi connectivity index (χ1n) is 6.67. The first kappa shape index (κ1) is 14.2. The van der Waals surface area contributed by atoms with Crippen LogP contribution in [0.2, 0.25) is 10.2 Å². The number of halogens is 2. The lowest BCUT2D eigenvalue weighted by molar-refractivity contribution is 0.647. The van der Waals surface area contributed by atoms with Gasteiger partial charge >= 0.3 is 0 Å². The van der Waals surface area contributed by atoms with E-state index >= 15 is 0 Å². The molecule has 2 N–H and O–H groups in total. The van der Waals surface area contributed by atoms with Gasteiger partial charge in [0.05, 0.1) is 0 Å². The average Bonchev–Trinajstić information content (AvgIpc) is 2.46. The van der Waals surface area contributed by atoms with Crippen LogP contribution in [-0.4, -0.2) is 36.1 Å². The largest absolute Gasteiger partial charge is 0.368 e. The molecule has 5 nitrogen and oxygen atoms in total. The second-order valence-electron chi connectivity index (χ2n) is 4.86. The number of nitrogens with two attached hydrogens (primary N) is 1. The number of anilines is 3. The van der Waals surface area contributed by atoms with Crippen LogP contribution in [0.25, 0.3) is 0 Å². The van der Waals surface area contributed by atoms with E-state index < -0.39 is 0 Å². The van der Waals surface area contributed by atoms with Crippen molar-refractivity contribution < 1.29 is 0 Å². The Morgan fingerprint density at radius 1 is 0.952 bits per heavy atom. The molecule has 0 spiro atoms. The summed E-state index contributed by atoms with van der Waals surface area (Å²) in [5.74, 6) is 0.980. The van der Waals surface area contributed by atoms with Gasteiger partial charge in [0.2, 0.25) is 5.95 Å². The standard InChI is InChI=1S/C14H15Cl2N5/c15-10-2-1-3-11(8-10)20-4-6-21(7-5-20)13-9-12(16)18-14(17)19-13/h1-3,8-9H,4-7H2,(H2,17,18,19). The Balaban J connectivity index is 1.70. The summed E-state index contributed by atoms with van der Waals surface area (Å²) in [6.45, 7) is 3.47. The van der Waals surface area contributed by atoms with E-state index in [9.17, 15) is 0 Å². The average molecular weight is 324 g/mol. The SMILES string of the molecule is Nc1nc(Cl)cc(N2CCN(c3cccc(Cl)c3)CC2)n1. The van der Waals surface area contributed by atoms with Crippen LogP contribution in [-0.2, 0) is 0 Å². The second kappa shape index (κ2) is 5.95. The summed E-state index contributed by atoms with van der Waals surface area (Å²) in [6, 6.07) is 9.65. The van der Waals surface area contributed by atoms with Crippen LogP contribution in [0.1, 0.15) is 0 Å². The summed E-state index contributed by atoms with van der Waals surface area (Å²) in [5, 5.41) is 1.13. The zero-order valence-corrected chi connectivity index (χ0v) is 12.8. The number of nitrogens with zero attached hydrogens (tertiary/aromatic N) is 4. The molecule has 0 bridgehead atoms. The third-order valence-electron chi connectivity index (χ3n) is 3.48. The Kier molecular flexibility index (Phi) is 4.03. The molecule has 0 atom stereocenters. The van der Waals surface area contributed by atoms with E-state index in [1.165, 1.54) is 0 Å². The van der Waals surface area contributed by atoms with Crippen LogP contribution < -0.4 is 15.5 Å². The minimum atomic E-state index is 0.203. The van der Waals surface area contributed by atoms with Crippen molar-refractivity contribution in [2.24, 2.45) is 0 Å². The third-order valence-corrected chi connectivity index (χ3v) is 3.90. The van der Waals surface area contributed by atoms with Crippen molar-refractivity contribution in [1.29, 1.82) is 0 Å². The molecule has 1 fully saturated rings. The number of aromatic nitrogens is 2. The molecule has 1 aliphatic heterocycles. The minimum Gasteiger partial charge on any atom is -0.368 e. The van der Waals surface area contributed by atoms with E-state index in [1.54, 1.807) is 6.07 Å². The van der Waals surface area contributed by atoms with Gasteiger partial charge in [0.25, 0.3) is 0 Å². The number of rotatable bonds is 2. The van der Waals surface area contributed by atoms with Gasteiger partial charge in [-0.1, -0.05) is 29.3 Å². The zero-order valence-electron chi connectivity index (χ0n) is 11.3. The Labute approximate surface area is 133 Å². The highest BCUT2D eigenvalue weighted by molar-refractivity contribution is 6.30. The summed E-state index contributed by atoms with van der Waals surface area (Å²) in [6.07, 6.45) is 0. The molecule has 0 unspecified atom stereocenters. The van der Waals surface area contributed by atoms with Gasteiger partial charge in [0.1, 0.15) is 11.0 Å². The lowest BCUT2D eigenvalue weighted by Crippen LogP contribution is -2.46. The molecule has 0 radical (unpaired) electrons. The van der Waals surface area contributed by atoms with E-state index in [0.717, 1.165) is 42.7 Å². The van der Waals surface area contributed by atoms with E-state index in [2.05, 4.69) is 25.8 Å². The van der Waals surface area contributed by atoms with Gasteiger partial charge in [0.15, 0.2) is 0 Å². The smallest absolute Gasteiger partial charge is 0.223 e. The molecule has 21 heavy (non-hydrogen) atoms. The molecular weight excluding hydrogens is 309 g/mol. The van der Waals surface area contributed by atoms with Crippen LogP contribution in [0.5, 0.6) is 0 Å². The summed E-state index contributed by atoms with van der Waals surface area (Å²) in [4.78, 5) is 12.6. The van der Waals surface area contributed by atoms with E-state index in [-0.39, 0.29) is 5.95 Å². The fourth-order valence-electron chi connectivity index (χ4n) is 2.45. The molecule has 2 heterocycles. The Morgan fingerprint density at radius 3 is 2.33 bits per heavy atom. The fourth-order valence-corrected chi connectivity index (χ4v) is 2.82. The number of benzene rings is 1. The molecule has 110 valence electrons. The van der Waals surface area contributed by atoms with Crippen molar-refractivity contribution in [3.8, 4) is 0 Å². The predicted octanol–water partition coefficient (Wildman–Crippen LogP) is 2.69. The van der Waals surface area contributed by atoms with Crippen LogP contribution >= 0.6 is 23.2 Å². The van der Waals surface area contributed by atoms with Crippen molar-refractivity contribution in [3.63, 3.8) is 0 Å². The van der Waals surface area contributed by atoms with E-state index in [0.29, 0.717) is 5.15 Å². The Hall–Kier alpha value is -1.72. The van der Waals surface area contributed by atoms with Crippen LogP contribution in [0.4, 0.5) is 17.5 Å². The highest BCUT2D eigenvalue weighted by Crippen LogP contribution is 2.23. The topological polar surface area (TPSA) is 58.3 Å². The van der Waals surface area contributed by atoms with Crippen molar-refractivity contribution in [2.45, 2.75) is 0 Å². The molecule has 0 aliphatic carbocycles. The Bertz CT molecular complexity index is 621. The molecule has 3 rings (SSSR count). The third kappa shape index (κ3) is 3.31. The molecule has 1 aromatic heterocycles. The van der Waals surface area contributed by atoms with Crippen LogP contribution in [0.15, 0.2) is 30.3 Å². The molecule has 1 aromatic carbocycles. The van der Waals surface area contributed by atoms with Gasteiger partial charge in [-0.15, -0.1) is 0 Å². The van der Waals surface area contributed by atoms with E-state index in [4.69, 9.17) is 28.9 Å². The lowest BCUT2D eigenvalue weighted by Gasteiger charge is -2.36. The summed E-state index contributed by atoms with van der Waals surface area (Å²) >= 11 is 12.0. The predicted molar refractivity (Wildman–Crippen MR) is 87.3 cm³/mol. The summed E-state index contributed by atoms with van der Waals surface area (Å²) < 4.78 is 0. The maximum absolute atomic E-state index is 6.04. The van der Waals surface area contributed by atoms with Gasteiger partial charge in [0, 0.05) is 43.0 Å². The molecule has 0 saturated carbocycles. The van der Waals surface area contributed by atoms with Crippen LogP contribution in [0.3, 0.4) is 0 Å². The minimum absolute atomic E-state index is 0.203. The Morgan fingerprint density at radius 2 is 1.67 bits per heavy atom. The lowest BCUT2D eigenvalue weighted by atomic mass is 10.2. The highest BCUT2D eigenvalue weighted by atomic mass is 35.5. The van der Waals surface area contributed by atoms with Gasteiger partial charge in [-0.05, 0) is 18.2 Å². The van der Waals surface area contributed by atoms with Gasteiger partial charge in [-0.25, -0.2) is 4.98 Å². The highest BCUT2D eigenvalue weighted by Gasteiger charge is 2.19. The fraction of sp³-hybridized carbons (Fsp3) is 0.286. The quantitative estimate of drug-likeness (QED) is 0.861. The molecular formula is C14H15Cl2N5. The summed E-state index contributed by atoms with van der Waals surface area (Å²) in [7, 11) is 0. The normalized spacial score (nSPS) is 15.3. The zero-order chi connectivity index (χ0) is 14.8. The van der Waals surface area contributed by atoms with Gasteiger partial charge in [-0.2, -0.15) is 4.98 Å². The van der Waals surface area contributed by atoms with Gasteiger partial charge < -0.3 is 15.5 Å². The molecule has 0 amide bonds. The first-order valence-corrected chi connectivity index (χ1v) is 7.43. The molecule has 7 heteroatoms. The second-order valence-corrected chi connectivity index (χ2v) is 5.68. The molecule has 1 saturated heterocycles. The van der Waals surface area contributed by atoms with Gasteiger partial charge in [-0.3, -0.25) is 0 Å². The van der Waals surface area contributed by atoms with Crippen molar-refractivity contribution in [3.05, 3.63) is 40.5 Å². The van der Waals surface area contributed by atoms with Crippen molar-refractivity contribution in [1.82, 2.24) is 9.97 Å². The van der Waals surface area contributed by atoms with E-state index in [1.807, 2.05) is 18.2 Å². The van der Waals surface area contributed by atoms with Crippen LogP contribution in [0, 0.1) is 0 Å². The maximum Gasteiger partial charge on any atom is 0.223 e. The van der Waals surface area contributed by atoms with Crippen molar-refractivity contribution in [2.75, 3.05) is 41.7 Å². The van der Waals surface area contributed by atoms with Crippen molar-refractivity contribution >= 4 is 40.7 Å². The molecule has 2 aromatic rings.